The van der Waals surface area contributed by atoms with Gasteiger partial charge in [-0.2, -0.15) is 0 Å². The summed E-state index contributed by atoms with van der Waals surface area (Å²) in [6.07, 6.45) is 3.15. The maximum Gasteiger partial charge on any atom is 0.260 e. The van der Waals surface area contributed by atoms with Crippen molar-refractivity contribution in [3.63, 3.8) is 0 Å². The minimum Gasteiger partial charge on any atom is -0.298 e. The highest BCUT2D eigenvalue weighted by molar-refractivity contribution is 7.16. The molecule has 2 aromatic heterocycles. The first-order chi connectivity index (χ1) is 9.13. The number of aromatic nitrogens is 3. The van der Waals surface area contributed by atoms with Crippen molar-refractivity contribution in [1.29, 1.82) is 0 Å². The number of carbonyl (C=O) groups excluding carboxylic acids is 1. The second kappa shape index (κ2) is 5.03. The van der Waals surface area contributed by atoms with E-state index in [1.165, 1.54) is 22.3 Å². The summed E-state index contributed by atoms with van der Waals surface area (Å²) in [5.74, 6) is -0.380. The van der Waals surface area contributed by atoms with Gasteiger partial charge in [0.25, 0.3) is 5.91 Å². The Bertz CT molecular complexity index is 637. The lowest BCUT2D eigenvalue weighted by Crippen LogP contribution is -2.13. The van der Waals surface area contributed by atoms with Gasteiger partial charge in [0.1, 0.15) is 0 Å². The Hall–Kier alpha value is -1.24. The number of nitrogens with one attached hydrogen (secondary N) is 1. The second-order valence-electron chi connectivity index (χ2n) is 4.07. The molecule has 98 valence electrons. The first kappa shape index (κ1) is 12.8. The molecule has 3 rings (SSSR count). The van der Waals surface area contributed by atoms with Gasteiger partial charge >= 0.3 is 0 Å². The molecule has 5 nitrogen and oxygen atoms in total. The number of halogens is 2. The van der Waals surface area contributed by atoms with Crippen LogP contribution in [0.1, 0.15) is 27.3 Å². The molecule has 1 amide bonds. The van der Waals surface area contributed by atoms with Gasteiger partial charge in [-0.25, -0.2) is 4.98 Å². The highest BCUT2D eigenvalue weighted by atomic mass is 35.5. The Morgan fingerprint density at radius 2 is 2.16 bits per heavy atom. The molecular weight excluding hydrogens is 307 g/mol. The third-order valence-corrected chi connectivity index (χ3v) is 4.32. The highest BCUT2D eigenvalue weighted by Crippen LogP contribution is 2.30. The summed E-state index contributed by atoms with van der Waals surface area (Å²) in [6, 6.07) is 1.38. The lowest BCUT2D eigenvalue weighted by atomic mass is 10.3. The molecule has 8 heteroatoms. The summed E-state index contributed by atoms with van der Waals surface area (Å²) in [6.45, 7) is 0. The van der Waals surface area contributed by atoms with Gasteiger partial charge in [-0.1, -0.05) is 23.2 Å². The van der Waals surface area contributed by atoms with E-state index in [9.17, 15) is 4.79 Å². The van der Waals surface area contributed by atoms with Crippen LogP contribution in [0.5, 0.6) is 0 Å². The molecule has 19 heavy (non-hydrogen) atoms. The lowest BCUT2D eigenvalue weighted by Gasteiger charge is -2.03. The molecule has 0 aliphatic heterocycles. The summed E-state index contributed by atoms with van der Waals surface area (Å²) < 4.78 is 0. The van der Waals surface area contributed by atoms with Crippen LogP contribution in [-0.2, 0) is 12.8 Å². The monoisotopic (exact) mass is 314 g/mol. The number of rotatable bonds is 2. The van der Waals surface area contributed by atoms with Crippen LogP contribution < -0.4 is 5.32 Å². The molecule has 0 unspecified atom stereocenters. The van der Waals surface area contributed by atoms with Crippen molar-refractivity contribution in [3.05, 3.63) is 32.5 Å². The fourth-order valence-corrected chi connectivity index (χ4v) is 3.29. The van der Waals surface area contributed by atoms with E-state index in [1.54, 1.807) is 0 Å². The molecule has 0 saturated heterocycles. The predicted molar refractivity (Wildman–Crippen MR) is 74.1 cm³/mol. The zero-order valence-electron chi connectivity index (χ0n) is 9.61. The van der Waals surface area contributed by atoms with Gasteiger partial charge in [-0.15, -0.1) is 21.5 Å². The van der Waals surface area contributed by atoms with Gasteiger partial charge in [-0.3, -0.25) is 10.1 Å². The summed E-state index contributed by atoms with van der Waals surface area (Å²) >= 11 is 13.0. The molecule has 1 N–H and O–H groups in total. The summed E-state index contributed by atoms with van der Waals surface area (Å²) in [5, 5.41) is 10.6. The number of carbonyl (C=O) groups is 1. The molecule has 2 heterocycles. The van der Waals surface area contributed by atoms with Crippen molar-refractivity contribution in [2.75, 3.05) is 5.32 Å². The number of nitrogens with zero attached hydrogens (tertiary/aromatic N) is 3. The third-order valence-electron chi connectivity index (χ3n) is 2.78. The molecule has 0 fully saturated rings. The second-order valence-corrected chi connectivity index (χ2v) is 5.90. The van der Waals surface area contributed by atoms with Crippen LogP contribution in [0.4, 0.5) is 5.13 Å². The van der Waals surface area contributed by atoms with Crippen molar-refractivity contribution in [2.24, 2.45) is 0 Å². The molecule has 0 radical (unpaired) electrons. The molecule has 0 bridgehead atoms. The van der Waals surface area contributed by atoms with E-state index in [0.717, 1.165) is 25.0 Å². The number of hydrogen-bond donors (Lipinski definition) is 1. The van der Waals surface area contributed by atoms with Gasteiger partial charge < -0.3 is 0 Å². The molecule has 0 atom stereocenters. The lowest BCUT2D eigenvalue weighted by molar-refractivity contribution is 0.102. The van der Waals surface area contributed by atoms with Gasteiger partial charge in [0.05, 0.1) is 11.3 Å². The number of thiazole rings is 1. The zero-order chi connectivity index (χ0) is 13.4. The van der Waals surface area contributed by atoms with E-state index in [1.807, 2.05) is 0 Å². The molecule has 1 aliphatic rings. The van der Waals surface area contributed by atoms with Crippen LogP contribution in [0.15, 0.2) is 6.07 Å². The van der Waals surface area contributed by atoms with Gasteiger partial charge in [0.2, 0.25) is 0 Å². The standard InChI is InChI=1S/C11H8Cl2N4OS/c12-8-4-5(9(13)17-16-8)10(18)15-11-14-6-2-1-3-7(6)19-11/h4H,1-3H2,(H,14,15,18). The minimum absolute atomic E-state index is 0.0194. The summed E-state index contributed by atoms with van der Waals surface area (Å²) in [7, 11) is 0. The number of amides is 1. The smallest absolute Gasteiger partial charge is 0.260 e. The van der Waals surface area contributed by atoms with E-state index in [0.29, 0.717) is 5.13 Å². The number of hydrogen-bond acceptors (Lipinski definition) is 5. The maximum absolute atomic E-state index is 12.1. The van der Waals surface area contributed by atoms with Crippen molar-refractivity contribution < 1.29 is 4.79 Å². The molecule has 0 saturated carbocycles. The highest BCUT2D eigenvalue weighted by Gasteiger charge is 2.19. The van der Waals surface area contributed by atoms with Crippen LogP contribution in [0.2, 0.25) is 10.3 Å². The Morgan fingerprint density at radius 3 is 2.95 bits per heavy atom. The Balaban J connectivity index is 1.82. The van der Waals surface area contributed by atoms with Crippen molar-refractivity contribution in [2.45, 2.75) is 19.3 Å². The van der Waals surface area contributed by atoms with E-state index in [-0.39, 0.29) is 21.8 Å². The van der Waals surface area contributed by atoms with E-state index in [4.69, 9.17) is 23.2 Å². The Morgan fingerprint density at radius 1 is 1.32 bits per heavy atom. The molecule has 0 aromatic carbocycles. The van der Waals surface area contributed by atoms with Crippen molar-refractivity contribution in [1.82, 2.24) is 15.2 Å². The Labute approximate surface area is 123 Å². The minimum atomic E-state index is -0.380. The molecular formula is C11H8Cl2N4OS. The van der Waals surface area contributed by atoms with E-state index in [2.05, 4.69) is 20.5 Å². The third kappa shape index (κ3) is 2.56. The van der Waals surface area contributed by atoms with Crippen LogP contribution in [0.25, 0.3) is 0 Å². The van der Waals surface area contributed by atoms with Crippen molar-refractivity contribution >= 4 is 45.6 Å². The summed E-state index contributed by atoms with van der Waals surface area (Å²) in [4.78, 5) is 17.7. The normalized spacial score (nSPS) is 13.4. The Kier molecular flexibility index (Phi) is 3.38. The SMILES string of the molecule is O=C(Nc1nc2c(s1)CCC2)c1cc(Cl)nnc1Cl. The predicted octanol–water partition coefficient (Wildman–Crippen LogP) is 2.98. The van der Waals surface area contributed by atoms with E-state index >= 15 is 0 Å². The largest absolute Gasteiger partial charge is 0.298 e. The van der Waals surface area contributed by atoms with Gasteiger partial charge in [-0.05, 0) is 25.3 Å². The van der Waals surface area contributed by atoms with Crippen molar-refractivity contribution in [3.8, 4) is 0 Å². The van der Waals surface area contributed by atoms with E-state index < -0.39 is 0 Å². The average molecular weight is 315 g/mol. The van der Waals surface area contributed by atoms with Crippen LogP contribution in [-0.4, -0.2) is 21.1 Å². The van der Waals surface area contributed by atoms with Crippen LogP contribution in [0.3, 0.4) is 0 Å². The first-order valence-electron chi connectivity index (χ1n) is 5.62. The van der Waals surface area contributed by atoms with Gasteiger partial charge in [0, 0.05) is 4.88 Å². The molecule has 2 aromatic rings. The molecule has 0 spiro atoms. The zero-order valence-corrected chi connectivity index (χ0v) is 11.9. The summed E-state index contributed by atoms with van der Waals surface area (Å²) in [5.41, 5.74) is 1.27. The fourth-order valence-electron chi connectivity index (χ4n) is 1.92. The fraction of sp³-hybridized carbons (Fsp3) is 0.273. The topological polar surface area (TPSA) is 67.8 Å². The first-order valence-corrected chi connectivity index (χ1v) is 7.19. The van der Waals surface area contributed by atoms with Crippen LogP contribution in [0, 0.1) is 0 Å². The maximum atomic E-state index is 12.1. The molecule has 1 aliphatic carbocycles. The number of aryl methyl sites for hydroxylation is 2. The number of fused-ring (bicyclic) bond motifs is 1. The number of anilines is 1. The average Bonchev–Trinajstić information content (AvgIpc) is 2.92. The van der Waals surface area contributed by atoms with Crippen LogP contribution >= 0.6 is 34.5 Å². The van der Waals surface area contributed by atoms with Gasteiger partial charge in [0.15, 0.2) is 15.4 Å². The quantitative estimate of drug-likeness (QED) is 0.925.